The van der Waals surface area contributed by atoms with Gasteiger partial charge in [0.15, 0.2) is 0 Å². The van der Waals surface area contributed by atoms with Crippen LogP contribution in [-0.4, -0.2) is 28.0 Å². The lowest BCUT2D eigenvalue weighted by Crippen LogP contribution is -1.89. The molecule has 2 nitrogen and oxygen atoms in total. The zero-order chi connectivity index (χ0) is 5.11. The van der Waals surface area contributed by atoms with Crippen LogP contribution in [0.1, 0.15) is 0 Å². The van der Waals surface area contributed by atoms with Gasteiger partial charge in [-0.05, 0) is 0 Å². The normalized spacial score (nSPS) is 19.7. The van der Waals surface area contributed by atoms with Crippen molar-refractivity contribution in [2.45, 2.75) is 0 Å². The van der Waals surface area contributed by atoms with Crippen molar-refractivity contribution in [3.63, 3.8) is 0 Å². The van der Waals surface area contributed by atoms with Crippen LogP contribution in [0, 0.1) is 0 Å². The minimum Gasteiger partial charge on any atom is -0.536 e. The minimum atomic E-state index is 0.780. The topological polar surface area (TPSA) is 21.6 Å². The zero-order valence-electron chi connectivity index (χ0n) is 4.18. The first-order chi connectivity index (χ1) is 3.43. The quantitative estimate of drug-likeness (QED) is 0.411. The molecule has 1 rings (SSSR count). The van der Waals surface area contributed by atoms with E-state index >= 15 is 0 Å². The van der Waals surface area contributed by atoms with Crippen molar-refractivity contribution < 1.29 is 4.43 Å². The molecule has 0 fully saturated rings. The van der Waals surface area contributed by atoms with Crippen LogP contribution in [0.15, 0.2) is 4.99 Å². The average Bonchev–Trinajstić information content (AvgIpc) is 2.14. The number of nitrogens with zero attached hydrogens (tertiary/aromatic N) is 1. The van der Waals surface area contributed by atoms with Crippen molar-refractivity contribution in [1.82, 2.24) is 0 Å². The first-order valence-electron chi connectivity index (χ1n) is 2.15. The SMILES string of the molecule is [SiH3]OC1=NCCS1. The van der Waals surface area contributed by atoms with Crippen molar-refractivity contribution in [2.24, 2.45) is 4.99 Å². The van der Waals surface area contributed by atoms with Gasteiger partial charge in [0.05, 0.1) is 6.54 Å². The smallest absolute Gasteiger partial charge is 0.231 e. The van der Waals surface area contributed by atoms with Crippen LogP contribution >= 0.6 is 11.8 Å². The lowest BCUT2D eigenvalue weighted by molar-refractivity contribution is 0.630. The predicted octanol–water partition coefficient (Wildman–Crippen LogP) is -0.614. The van der Waals surface area contributed by atoms with E-state index < -0.39 is 0 Å². The van der Waals surface area contributed by atoms with Gasteiger partial charge in [-0.2, -0.15) is 0 Å². The molecule has 1 heterocycles. The van der Waals surface area contributed by atoms with Crippen molar-refractivity contribution in [3.05, 3.63) is 0 Å². The highest BCUT2D eigenvalue weighted by molar-refractivity contribution is 8.13. The highest BCUT2D eigenvalue weighted by Crippen LogP contribution is 2.10. The summed E-state index contributed by atoms with van der Waals surface area (Å²) in [5.41, 5.74) is 0. The van der Waals surface area contributed by atoms with E-state index in [1.807, 2.05) is 0 Å². The van der Waals surface area contributed by atoms with Crippen LogP contribution in [0.2, 0.25) is 0 Å². The number of thioether (sulfide) groups is 1. The summed E-state index contributed by atoms with van der Waals surface area (Å²) < 4.78 is 4.96. The van der Waals surface area contributed by atoms with Crippen LogP contribution in [0.4, 0.5) is 0 Å². The summed E-state index contributed by atoms with van der Waals surface area (Å²) in [5.74, 6) is 1.11. The van der Waals surface area contributed by atoms with E-state index in [0.717, 1.165) is 28.0 Å². The maximum atomic E-state index is 4.96. The summed E-state index contributed by atoms with van der Waals surface area (Å²) in [4.78, 5) is 4.05. The monoisotopic (exact) mass is 133 g/mol. The first-order valence-corrected chi connectivity index (χ1v) is 3.95. The van der Waals surface area contributed by atoms with Gasteiger partial charge < -0.3 is 4.43 Å². The van der Waals surface area contributed by atoms with Crippen molar-refractivity contribution in [1.29, 1.82) is 0 Å². The first kappa shape index (κ1) is 5.18. The fraction of sp³-hybridized carbons (Fsp3) is 0.667. The van der Waals surface area contributed by atoms with E-state index in [1.165, 1.54) is 0 Å². The van der Waals surface area contributed by atoms with Gasteiger partial charge in [0.25, 0.3) is 0 Å². The summed E-state index contributed by atoms with van der Waals surface area (Å²) in [5, 5.41) is 0.895. The molecule has 4 heteroatoms. The Hall–Kier alpha value is 0.0369. The van der Waals surface area contributed by atoms with Gasteiger partial charge in [-0.1, -0.05) is 11.8 Å². The molecule has 0 N–H and O–H groups in total. The lowest BCUT2D eigenvalue weighted by Gasteiger charge is -1.92. The molecule has 0 bridgehead atoms. The molecule has 40 valence electrons. The highest BCUT2D eigenvalue weighted by Gasteiger charge is 2.03. The van der Waals surface area contributed by atoms with Gasteiger partial charge >= 0.3 is 0 Å². The molecule has 0 aromatic carbocycles. The number of hydrogen-bond donors (Lipinski definition) is 0. The average molecular weight is 133 g/mol. The van der Waals surface area contributed by atoms with E-state index in [0.29, 0.717) is 0 Å². The van der Waals surface area contributed by atoms with Gasteiger partial charge in [-0.3, -0.25) is 0 Å². The van der Waals surface area contributed by atoms with Crippen LogP contribution < -0.4 is 0 Å². The van der Waals surface area contributed by atoms with Gasteiger partial charge in [0.2, 0.25) is 15.7 Å². The molecular weight excluding hydrogens is 126 g/mol. The third-order valence-corrected chi connectivity index (χ3v) is 2.34. The molecule has 7 heavy (non-hydrogen) atoms. The number of hydrogen-bond acceptors (Lipinski definition) is 3. The zero-order valence-corrected chi connectivity index (χ0v) is 6.99. The maximum Gasteiger partial charge on any atom is 0.231 e. The van der Waals surface area contributed by atoms with Gasteiger partial charge in [-0.25, -0.2) is 4.99 Å². The molecule has 0 amide bonds. The second-order valence-electron chi connectivity index (χ2n) is 1.20. The molecule has 0 saturated heterocycles. The Balaban J connectivity index is 2.36. The van der Waals surface area contributed by atoms with E-state index in [-0.39, 0.29) is 0 Å². The molecule has 0 atom stereocenters. The molecule has 0 aliphatic carbocycles. The number of aliphatic imine (C=N–C) groups is 1. The molecule has 1 aliphatic rings. The standard InChI is InChI=1S/C3H7NOSSi/c7-5-3-4-1-2-6-3/h1-2H2,7H3. The molecular formula is C3H7NOSSi. The van der Waals surface area contributed by atoms with Crippen molar-refractivity contribution in [2.75, 3.05) is 12.3 Å². The van der Waals surface area contributed by atoms with Crippen LogP contribution in [0.3, 0.4) is 0 Å². The molecule has 0 saturated carbocycles. The van der Waals surface area contributed by atoms with Crippen LogP contribution in [0.25, 0.3) is 0 Å². The third-order valence-electron chi connectivity index (χ3n) is 0.732. The maximum absolute atomic E-state index is 4.96. The Morgan fingerprint density at radius 1 is 1.86 bits per heavy atom. The molecule has 1 aliphatic heterocycles. The van der Waals surface area contributed by atoms with Gasteiger partial charge in [0.1, 0.15) is 0 Å². The van der Waals surface area contributed by atoms with E-state index in [2.05, 4.69) is 4.99 Å². The summed E-state index contributed by atoms with van der Waals surface area (Å²) >= 11 is 1.70. The minimum absolute atomic E-state index is 0.780. The van der Waals surface area contributed by atoms with E-state index in [9.17, 15) is 0 Å². The highest BCUT2D eigenvalue weighted by atomic mass is 32.2. The summed E-state index contributed by atoms with van der Waals surface area (Å²) in [6, 6.07) is 0. The summed E-state index contributed by atoms with van der Waals surface area (Å²) in [6.07, 6.45) is 0. The Kier molecular flexibility index (Phi) is 1.75. The Bertz CT molecular complexity index is 94.9. The molecule has 0 unspecified atom stereocenters. The summed E-state index contributed by atoms with van der Waals surface area (Å²) in [6.45, 7) is 0.947. The lowest BCUT2D eigenvalue weighted by atomic mass is 10.8. The molecule has 0 aromatic heterocycles. The Morgan fingerprint density at radius 2 is 2.71 bits per heavy atom. The van der Waals surface area contributed by atoms with E-state index in [1.54, 1.807) is 11.8 Å². The largest absolute Gasteiger partial charge is 0.536 e. The van der Waals surface area contributed by atoms with Crippen molar-refractivity contribution >= 4 is 27.5 Å². The summed E-state index contributed by atoms with van der Waals surface area (Å²) in [7, 11) is 0.780. The Morgan fingerprint density at radius 3 is 3.00 bits per heavy atom. The molecule has 0 radical (unpaired) electrons. The second kappa shape index (κ2) is 2.37. The second-order valence-corrected chi connectivity index (χ2v) is 2.65. The Labute approximate surface area is 49.9 Å². The van der Waals surface area contributed by atoms with Gasteiger partial charge in [-0.15, -0.1) is 0 Å². The predicted molar refractivity (Wildman–Crippen MR) is 35.8 cm³/mol. The van der Waals surface area contributed by atoms with Crippen LogP contribution in [-0.2, 0) is 4.43 Å². The molecule has 0 spiro atoms. The fourth-order valence-corrected chi connectivity index (χ4v) is 1.58. The molecule has 0 aromatic rings. The third kappa shape index (κ3) is 1.20. The van der Waals surface area contributed by atoms with Crippen molar-refractivity contribution in [3.8, 4) is 0 Å². The van der Waals surface area contributed by atoms with E-state index in [4.69, 9.17) is 4.43 Å². The fourth-order valence-electron chi connectivity index (χ4n) is 0.439. The van der Waals surface area contributed by atoms with Gasteiger partial charge in [0, 0.05) is 5.75 Å². The number of rotatable bonds is 0. The van der Waals surface area contributed by atoms with Crippen LogP contribution in [0.5, 0.6) is 0 Å².